The van der Waals surface area contributed by atoms with Gasteiger partial charge in [0.1, 0.15) is 11.5 Å². The van der Waals surface area contributed by atoms with Gasteiger partial charge in [-0.2, -0.15) is 0 Å². The molecule has 3 rings (SSSR count). The van der Waals surface area contributed by atoms with E-state index < -0.39 is 0 Å². The number of carbonyl (C=O) groups is 2. The van der Waals surface area contributed by atoms with Crippen LogP contribution in [0.4, 0.5) is 4.79 Å². The molecule has 3 amide bonds. The lowest BCUT2D eigenvalue weighted by atomic mass is 10.1. The Morgan fingerprint density at radius 3 is 2.33 bits per heavy atom. The number of hydrogen-bond acceptors (Lipinski definition) is 5. The molecule has 0 spiro atoms. The first kappa shape index (κ1) is 21.7. The minimum Gasteiger partial charge on any atom is -0.494 e. The number of nitrogens with one attached hydrogen (secondary N) is 1. The van der Waals surface area contributed by atoms with Crippen LogP contribution in [0.1, 0.15) is 42.5 Å². The molecule has 2 heterocycles. The second-order valence-electron chi connectivity index (χ2n) is 7.52. The van der Waals surface area contributed by atoms with Gasteiger partial charge in [0, 0.05) is 31.7 Å². The number of urea groups is 1. The highest BCUT2D eigenvalue weighted by atomic mass is 16.5. The summed E-state index contributed by atoms with van der Waals surface area (Å²) in [5, 5.41) is 6.94. The summed E-state index contributed by atoms with van der Waals surface area (Å²) >= 11 is 0. The van der Waals surface area contributed by atoms with Gasteiger partial charge < -0.3 is 24.4 Å². The molecule has 1 aromatic carbocycles. The Hall–Kier alpha value is -3.03. The largest absolute Gasteiger partial charge is 0.494 e. The molecule has 0 saturated carbocycles. The third-order valence-electron chi connectivity index (χ3n) is 5.46. The lowest BCUT2D eigenvalue weighted by Gasteiger charge is -2.35. The van der Waals surface area contributed by atoms with Crippen molar-refractivity contribution < 1.29 is 18.8 Å². The van der Waals surface area contributed by atoms with E-state index in [1.54, 1.807) is 9.80 Å². The Labute approximate surface area is 177 Å². The van der Waals surface area contributed by atoms with E-state index in [2.05, 4.69) is 10.5 Å². The van der Waals surface area contributed by atoms with Crippen molar-refractivity contribution in [1.29, 1.82) is 0 Å². The Balaban J connectivity index is 1.48. The highest BCUT2D eigenvalue weighted by Crippen LogP contribution is 2.18. The average Bonchev–Trinajstić information content (AvgIpc) is 3.06. The molecular weight excluding hydrogens is 384 g/mol. The van der Waals surface area contributed by atoms with Gasteiger partial charge >= 0.3 is 6.03 Å². The summed E-state index contributed by atoms with van der Waals surface area (Å²) in [7, 11) is 0. The average molecular weight is 415 g/mol. The van der Waals surface area contributed by atoms with Gasteiger partial charge in [-0.05, 0) is 45.4 Å². The van der Waals surface area contributed by atoms with Crippen molar-refractivity contribution in [3.8, 4) is 5.75 Å². The molecule has 2 aromatic rings. The zero-order chi connectivity index (χ0) is 21.7. The number of carbonyl (C=O) groups excluding carboxylic acids is 2. The van der Waals surface area contributed by atoms with E-state index in [1.165, 1.54) is 0 Å². The van der Waals surface area contributed by atoms with Crippen LogP contribution in [-0.2, 0) is 11.2 Å². The summed E-state index contributed by atoms with van der Waals surface area (Å²) in [6.07, 6.45) is 0.280. The molecular formula is C22H30N4O4. The molecule has 8 heteroatoms. The van der Waals surface area contributed by atoms with Gasteiger partial charge in [-0.3, -0.25) is 4.79 Å². The van der Waals surface area contributed by atoms with Gasteiger partial charge in [0.15, 0.2) is 0 Å². The Bertz CT molecular complexity index is 850. The molecule has 1 unspecified atom stereocenters. The predicted molar refractivity (Wildman–Crippen MR) is 112 cm³/mol. The van der Waals surface area contributed by atoms with Crippen LogP contribution in [0.2, 0.25) is 0 Å². The molecule has 1 aliphatic rings. The molecule has 1 fully saturated rings. The third kappa shape index (κ3) is 5.11. The van der Waals surface area contributed by atoms with Crippen LogP contribution in [0, 0.1) is 13.8 Å². The SMILES string of the molecule is CCOc1ccc(C(C)NC(=O)N2CCN(C(=O)Cc3c(C)noc3C)CC2)cc1. The van der Waals surface area contributed by atoms with E-state index in [9.17, 15) is 9.59 Å². The number of aromatic nitrogens is 1. The highest BCUT2D eigenvalue weighted by molar-refractivity contribution is 5.80. The number of benzene rings is 1. The van der Waals surface area contributed by atoms with Crippen LogP contribution in [0.15, 0.2) is 28.8 Å². The predicted octanol–water partition coefficient (Wildman–Crippen LogP) is 2.85. The number of nitrogens with zero attached hydrogens (tertiary/aromatic N) is 3. The van der Waals surface area contributed by atoms with E-state index in [0.717, 1.165) is 22.6 Å². The summed E-state index contributed by atoms with van der Waals surface area (Å²) in [6, 6.07) is 7.50. The highest BCUT2D eigenvalue weighted by Gasteiger charge is 2.26. The summed E-state index contributed by atoms with van der Waals surface area (Å²) in [6.45, 7) is 10.2. The van der Waals surface area contributed by atoms with Crippen molar-refractivity contribution in [1.82, 2.24) is 20.3 Å². The molecule has 1 N–H and O–H groups in total. The summed E-state index contributed by atoms with van der Waals surface area (Å²) in [5.74, 6) is 1.53. The third-order valence-corrected chi connectivity index (χ3v) is 5.46. The molecule has 162 valence electrons. The summed E-state index contributed by atoms with van der Waals surface area (Å²) in [5.41, 5.74) is 2.62. The standard InChI is InChI=1S/C22H30N4O4/c1-5-29-19-8-6-18(7-9-19)15(2)23-22(28)26-12-10-25(11-13-26)21(27)14-20-16(3)24-30-17(20)4/h6-9,15H,5,10-14H2,1-4H3,(H,23,28). The smallest absolute Gasteiger partial charge is 0.317 e. The van der Waals surface area contributed by atoms with Crippen LogP contribution in [0.5, 0.6) is 5.75 Å². The van der Waals surface area contributed by atoms with Crippen molar-refractivity contribution in [3.63, 3.8) is 0 Å². The lowest BCUT2D eigenvalue weighted by molar-refractivity contribution is -0.131. The molecule has 0 radical (unpaired) electrons. The van der Waals surface area contributed by atoms with Gasteiger partial charge in [-0.25, -0.2) is 4.79 Å². The van der Waals surface area contributed by atoms with Gasteiger partial charge in [-0.15, -0.1) is 0 Å². The zero-order valence-corrected chi connectivity index (χ0v) is 18.1. The quantitative estimate of drug-likeness (QED) is 0.785. The maximum absolute atomic E-state index is 12.6. The van der Waals surface area contributed by atoms with E-state index in [4.69, 9.17) is 9.26 Å². The second kappa shape index (κ2) is 9.65. The molecule has 1 aromatic heterocycles. The lowest BCUT2D eigenvalue weighted by Crippen LogP contribution is -2.53. The monoisotopic (exact) mass is 414 g/mol. The maximum atomic E-state index is 12.6. The number of hydrogen-bond donors (Lipinski definition) is 1. The summed E-state index contributed by atoms with van der Waals surface area (Å²) in [4.78, 5) is 28.8. The molecule has 1 aliphatic heterocycles. The molecule has 30 heavy (non-hydrogen) atoms. The van der Waals surface area contributed by atoms with Crippen LogP contribution < -0.4 is 10.1 Å². The van der Waals surface area contributed by atoms with Gasteiger partial charge in [-0.1, -0.05) is 17.3 Å². The van der Waals surface area contributed by atoms with Gasteiger partial charge in [0.2, 0.25) is 5.91 Å². The van der Waals surface area contributed by atoms with E-state index in [0.29, 0.717) is 38.5 Å². The first-order valence-corrected chi connectivity index (χ1v) is 10.4. The number of piperazine rings is 1. The van der Waals surface area contributed by atoms with E-state index in [-0.39, 0.29) is 24.4 Å². The first-order valence-electron chi connectivity index (χ1n) is 10.4. The molecule has 0 bridgehead atoms. The van der Waals surface area contributed by atoms with E-state index in [1.807, 2.05) is 52.0 Å². The Kier molecular flexibility index (Phi) is 6.97. The van der Waals surface area contributed by atoms with Crippen LogP contribution >= 0.6 is 0 Å². The second-order valence-corrected chi connectivity index (χ2v) is 7.52. The zero-order valence-electron chi connectivity index (χ0n) is 18.1. The van der Waals surface area contributed by atoms with Crippen molar-refractivity contribution in [3.05, 3.63) is 46.8 Å². The minimum atomic E-state index is -0.118. The number of ether oxygens (including phenoxy) is 1. The molecule has 1 saturated heterocycles. The fourth-order valence-corrected chi connectivity index (χ4v) is 3.56. The minimum absolute atomic E-state index is 0.0345. The van der Waals surface area contributed by atoms with Crippen molar-refractivity contribution in [2.75, 3.05) is 32.8 Å². The fraction of sp³-hybridized carbons (Fsp3) is 0.500. The topological polar surface area (TPSA) is 87.9 Å². The maximum Gasteiger partial charge on any atom is 0.317 e. The normalized spacial score (nSPS) is 15.1. The van der Waals surface area contributed by atoms with Gasteiger partial charge in [0.25, 0.3) is 0 Å². The van der Waals surface area contributed by atoms with Crippen LogP contribution in [-0.4, -0.2) is 59.7 Å². The van der Waals surface area contributed by atoms with Crippen LogP contribution in [0.3, 0.4) is 0 Å². The summed E-state index contributed by atoms with van der Waals surface area (Å²) < 4.78 is 10.6. The number of amides is 3. The molecule has 0 aliphatic carbocycles. The Morgan fingerprint density at radius 1 is 1.13 bits per heavy atom. The van der Waals surface area contributed by atoms with Crippen molar-refractivity contribution >= 4 is 11.9 Å². The van der Waals surface area contributed by atoms with Crippen molar-refractivity contribution in [2.45, 2.75) is 40.2 Å². The number of aryl methyl sites for hydroxylation is 2. The number of rotatable bonds is 6. The first-order chi connectivity index (χ1) is 14.4. The molecule has 1 atom stereocenters. The molecule has 8 nitrogen and oxygen atoms in total. The Morgan fingerprint density at radius 2 is 1.77 bits per heavy atom. The van der Waals surface area contributed by atoms with Gasteiger partial charge in [0.05, 0.1) is 24.8 Å². The van der Waals surface area contributed by atoms with E-state index >= 15 is 0 Å². The van der Waals surface area contributed by atoms with Crippen molar-refractivity contribution in [2.24, 2.45) is 0 Å². The fourth-order valence-electron chi connectivity index (χ4n) is 3.56. The van der Waals surface area contributed by atoms with Crippen LogP contribution in [0.25, 0.3) is 0 Å².